The van der Waals surface area contributed by atoms with E-state index < -0.39 is 35.5 Å². The molecule has 222 valence electrons. The van der Waals surface area contributed by atoms with Crippen molar-refractivity contribution in [2.24, 2.45) is 17.0 Å². The third-order valence-corrected chi connectivity index (χ3v) is 9.29. The maximum Gasteiger partial charge on any atom is 0.335 e. The molecule has 2 aromatic heterocycles. The Hall–Kier alpha value is -3.78. The van der Waals surface area contributed by atoms with Crippen molar-refractivity contribution in [3.8, 4) is 0 Å². The molecule has 0 aromatic carbocycles. The molecule has 1 aliphatic heterocycles. The third kappa shape index (κ3) is 6.49. The van der Waals surface area contributed by atoms with Crippen molar-refractivity contribution >= 4 is 57.4 Å². The topological polar surface area (TPSA) is 174 Å². The van der Waals surface area contributed by atoms with Crippen LogP contribution in [-0.2, 0) is 35.3 Å². The van der Waals surface area contributed by atoms with Crippen molar-refractivity contribution < 1.29 is 38.4 Å². The van der Waals surface area contributed by atoms with Gasteiger partial charge in [0.2, 0.25) is 6.54 Å². The lowest BCUT2D eigenvalue weighted by atomic mass is 9.63. The number of carbonyl (C=O) groups is 4. The molecule has 0 spiro atoms. The van der Waals surface area contributed by atoms with Gasteiger partial charge in [0, 0.05) is 34.7 Å². The first-order valence-electron chi connectivity index (χ1n) is 13.8. The first kappa shape index (κ1) is 29.7. The Balaban J connectivity index is 1.26. The van der Waals surface area contributed by atoms with Crippen LogP contribution in [0.2, 0.25) is 0 Å². The summed E-state index contributed by atoms with van der Waals surface area (Å²) in [4.78, 5) is 61.1. The molecular formula is C28H32N5O7S2+. The van der Waals surface area contributed by atoms with Crippen LogP contribution in [0.15, 0.2) is 51.3 Å². The summed E-state index contributed by atoms with van der Waals surface area (Å²) in [5.74, 6) is -3.14. The number of anilines is 1. The Kier molecular flexibility index (Phi) is 9.21. The van der Waals surface area contributed by atoms with E-state index in [1.54, 1.807) is 22.3 Å². The van der Waals surface area contributed by atoms with E-state index in [1.807, 2.05) is 19.1 Å². The van der Waals surface area contributed by atoms with Crippen molar-refractivity contribution in [2.75, 3.05) is 18.1 Å². The molecular weight excluding hydrogens is 582 g/mol. The summed E-state index contributed by atoms with van der Waals surface area (Å²) in [6.45, 7) is 2.19. The van der Waals surface area contributed by atoms with Gasteiger partial charge < -0.3 is 25.7 Å². The zero-order valence-corrected chi connectivity index (χ0v) is 24.6. The number of Topliss-reactive ketones (excluding diaryl/α,β-unsaturated/α-hetero) is 2. The number of nitrogens with two attached hydrogens (primary N) is 1. The highest BCUT2D eigenvalue weighted by atomic mass is 32.2. The van der Waals surface area contributed by atoms with Crippen LogP contribution in [0.1, 0.15) is 44.7 Å². The maximum atomic E-state index is 13.3. The highest BCUT2D eigenvalue weighted by Crippen LogP contribution is 2.43. The van der Waals surface area contributed by atoms with Gasteiger partial charge in [0.15, 0.2) is 34.8 Å². The predicted molar refractivity (Wildman–Crippen MR) is 154 cm³/mol. The fourth-order valence-electron chi connectivity index (χ4n) is 5.28. The first-order chi connectivity index (χ1) is 20.2. The second-order valence-corrected chi connectivity index (χ2v) is 12.3. The predicted octanol–water partition coefficient (Wildman–Crippen LogP) is 2.12. The molecule has 42 heavy (non-hydrogen) atoms. The molecule has 1 unspecified atom stereocenters. The van der Waals surface area contributed by atoms with E-state index in [4.69, 9.17) is 15.3 Å². The molecule has 14 heteroatoms. The molecule has 3 atom stereocenters. The largest absolute Gasteiger partial charge is 0.496 e. The molecule has 0 radical (unpaired) electrons. The van der Waals surface area contributed by atoms with Crippen molar-refractivity contribution in [1.29, 1.82) is 0 Å². The Morgan fingerprint density at radius 2 is 2.02 bits per heavy atom. The number of nitrogens with one attached hydrogen (secondary N) is 1. The van der Waals surface area contributed by atoms with E-state index in [1.165, 1.54) is 11.8 Å². The highest BCUT2D eigenvalue weighted by Gasteiger charge is 2.57. The van der Waals surface area contributed by atoms with E-state index in [-0.39, 0.29) is 52.1 Å². The quantitative estimate of drug-likeness (QED) is 0.139. The number of rotatable bonds is 12. The van der Waals surface area contributed by atoms with Crippen LogP contribution >= 0.6 is 23.1 Å². The molecule has 3 heterocycles. The normalized spacial score (nSPS) is 22.3. The molecule has 5 rings (SSSR count). The van der Waals surface area contributed by atoms with Gasteiger partial charge in [-0.25, -0.2) is 9.78 Å². The van der Waals surface area contributed by atoms with Crippen molar-refractivity contribution in [1.82, 2.24) is 10.3 Å². The molecule has 3 aliphatic rings. The lowest BCUT2D eigenvalue weighted by Gasteiger charge is -2.46. The minimum Gasteiger partial charge on any atom is -0.496 e. The number of hydrogen-bond donors (Lipinski definition) is 3. The van der Waals surface area contributed by atoms with E-state index in [0.29, 0.717) is 13.0 Å². The Morgan fingerprint density at radius 3 is 2.67 bits per heavy atom. The lowest BCUT2D eigenvalue weighted by molar-refractivity contribution is -0.684. The number of oxime groups is 1. The second kappa shape index (κ2) is 13.0. The first-order valence-corrected chi connectivity index (χ1v) is 15.6. The number of fused-ring (bicyclic) bond motifs is 1. The molecule has 2 saturated carbocycles. The summed E-state index contributed by atoms with van der Waals surface area (Å²) in [5.41, 5.74) is 5.83. The van der Waals surface area contributed by atoms with E-state index >= 15 is 0 Å². The lowest BCUT2D eigenvalue weighted by Crippen LogP contribution is -2.65. The van der Waals surface area contributed by atoms with Crippen LogP contribution in [-0.4, -0.2) is 63.8 Å². The molecule has 0 saturated heterocycles. The van der Waals surface area contributed by atoms with Gasteiger partial charge in [-0.3, -0.25) is 14.4 Å². The molecule has 2 fully saturated rings. The second-order valence-electron chi connectivity index (χ2n) is 10.4. The van der Waals surface area contributed by atoms with Crippen LogP contribution in [0.3, 0.4) is 0 Å². The smallest absolute Gasteiger partial charge is 0.335 e. The summed E-state index contributed by atoms with van der Waals surface area (Å²) in [6, 6.07) is 2.74. The summed E-state index contributed by atoms with van der Waals surface area (Å²) >= 11 is 2.52. The Bertz CT molecular complexity index is 1430. The number of thioether (sulfide) groups is 1. The number of nitrogen functional groups attached to an aromatic ring is 1. The molecule has 2 aromatic rings. The highest BCUT2D eigenvalue weighted by molar-refractivity contribution is 7.99. The van der Waals surface area contributed by atoms with Gasteiger partial charge >= 0.3 is 5.97 Å². The van der Waals surface area contributed by atoms with Crippen molar-refractivity contribution in [3.63, 3.8) is 0 Å². The number of ether oxygens (including phenoxy) is 1. The number of carboxylic acids is 1. The zero-order chi connectivity index (χ0) is 29.8. The average molecular weight is 615 g/mol. The molecule has 4 N–H and O–H groups in total. The number of carbonyl (C=O) groups excluding carboxylic acids is 3. The molecule has 12 nitrogen and oxygen atoms in total. The van der Waals surface area contributed by atoms with Crippen LogP contribution < -0.4 is 15.6 Å². The number of thiazole rings is 1. The summed E-state index contributed by atoms with van der Waals surface area (Å²) in [5, 5.41) is 18.6. The van der Waals surface area contributed by atoms with Crippen LogP contribution in [0.25, 0.3) is 0 Å². The SMILES string of the molecule is CCC(=O)C[n+]1ccc(SCC2=C(C(=O)O)C3C(=O)[C@@H](NC(=O)/C(=N\OC4CCCC4)c4csc(N)n4)[C@H]3CO2)cc1. The monoisotopic (exact) mass is 614 g/mol. The standard InChI is InChI=1S/C28H31N5O7S2/c1-2-15(34)11-33-9-7-17(8-10-33)41-14-20-22(27(37)38)21-18(12-39-20)23(25(21)35)31-26(36)24(19-13-42-28(29)30-19)32-40-16-5-3-4-6-16/h7-10,13,16,18,21,23H,2-6,11-12,14H2,1H3,(H3-,29,30,31,36,37,38)/p+1/b32-24-/t18-,21?,23-/m0/s1. The molecule has 2 aliphatic carbocycles. The Labute approximate surface area is 250 Å². The maximum absolute atomic E-state index is 13.3. The average Bonchev–Trinajstić information content (AvgIpc) is 3.67. The summed E-state index contributed by atoms with van der Waals surface area (Å²) in [6.07, 6.45) is 7.69. The zero-order valence-electron chi connectivity index (χ0n) is 23.0. The number of nitrogens with zero attached hydrogens (tertiary/aromatic N) is 3. The molecule has 0 bridgehead atoms. The van der Waals surface area contributed by atoms with Gasteiger partial charge in [-0.2, -0.15) is 4.57 Å². The van der Waals surface area contributed by atoms with Gasteiger partial charge in [-0.05, 0) is 25.7 Å². The van der Waals surface area contributed by atoms with Crippen molar-refractivity contribution in [3.05, 3.63) is 46.9 Å². The minimum atomic E-state index is -1.23. The number of aromatic nitrogens is 2. The number of amides is 1. The number of carboxylic acid groups (broad SMARTS) is 1. The van der Waals surface area contributed by atoms with E-state index in [9.17, 15) is 24.3 Å². The number of pyridine rings is 1. The van der Waals surface area contributed by atoms with Gasteiger partial charge in [0.1, 0.15) is 17.6 Å². The summed E-state index contributed by atoms with van der Waals surface area (Å²) < 4.78 is 7.64. The van der Waals surface area contributed by atoms with Crippen LogP contribution in [0.5, 0.6) is 0 Å². The Morgan fingerprint density at radius 1 is 1.29 bits per heavy atom. The van der Waals surface area contributed by atoms with Crippen LogP contribution in [0, 0.1) is 11.8 Å². The number of aliphatic carboxylic acids is 1. The number of hydrogen-bond acceptors (Lipinski definition) is 11. The number of ketones is 2. The van der Waals surface area contributed by atoms with Gasteiger partial charge in [-0.15, -0.1) is 23.1 Å². The van der Waals surface area contributed by atoms with Gasteiger partial charge in [-0.1, -0.05) is 12.1 Å². The summed E-state index contributed by atoms with van der Waals surface area (Å²) in [7, 11) is 0. The fraction of sp³-hybridized carbons (Fsp3) is 0.464. The third-order valence-electron chi connectivity index (χ3n) is 7.61. The van der Waals surface area contributed by atoms with Gasteiger partial charge in [0.25, 0.3) is 5.91 Å². The van der Waals surface area contributed by atoms with E-state index in [0.717, 1.165) is 41.9 Å². The molecule has 1 amide bonds. The van der Waals surface area contributed by atoms with Gasteiger partial charge in [0.05, 0.1) is 29.9 Å². The van der Waals surface area contributed by atoms with Crippen molar-refractivity contribution in [2.45, 2.75) is 62.6 Å². The fourth-order valence-corrected chi connectivity index (χ4v) is 6.68. The van der Waals surface area contributed by atoms with E-state index in [2.05, 4.69) is 15.5 Å². The van der Waals surface area contributed by atoms with Crippen LogP contribution in [0.4, 0.5) is 5.13 Å². The minimum absolute atomic E-state index is 0.0800.